The van der Waals surface area contributed by atoms with E-state index in [-0.39, 0.29) is 17.1 Å². The molecule has 0 radical (unpaired) electrons. The fraction of sp³-hybridized carbons (Fsp3) is 0.308. The van der Waals surface area contributed by atoms with Gasteiger partial charge in [0.1, 0.15) is 16.7 Å². The van der Waals surface area contributed by atoms with Crippen molar-refractivity contribution in [1.29, 1.82) is 0 Å². The van der Waals surface area contributed by atoms with Crippen LogP contribution in [-0.4, -0.2) is 47.4 Å². The molecule has 0 saturated heterocycles. The van der Waals surface area contributed by atoms with E-state index in [0.717, 1.165) is 6.20 Å². The molecule has 2 aromatic heterocycles. The molecular weight excluding hydrogens is 324 g/mol. The molecule has 0 aromatic carbocycles. The van der Waals surface area contributed by atoms with Crippen LogP contribution in [-0.2, 0) is 28.3 Å². The quantitative estimate of drug-likeness (QED) is 0.715. The van der Waals surface area contributed by atoms with Crippen molar-refractivity contribution in [3.63, 3.8) is 0 Å². The van der Waals surface area contributed by atoms with Gasteiger partial charge < -0.3 is 9.84 Å². The van der Waals surface area contributed by atoms with Gasteiger partial charge in [0.2, 0.25) is 10.0 Å². The van der Waals surface area contributed by atoms with E-state index in [2.05, 4.69) is 14.8 Å². The van der Waals surface area contributed by atoms with Gasteiger partial charge >= 0.3 is 5.97 Å². The third kappa shape index (κ3) is 4.27. The number of aliphatic carboxylic acids is 1. The standard InChI is InChI=1S/C13H16N4O5S/c1-17-8-9(5-15-17)3-12(13(18)19)16-23(20,21)11-4-10(22-2)6-14-7-11/h4-8,12,16H,3H2,1-2H3,(H,18,19). The van der Waals surface area contributed by atoms with E-state index < -0.39 is 22.0 Å². The highest BCUT2D eigenvalue weighted by atomic mass is 32.2. The second kappa shape index (κ2) is 6.75. The lowest BCUT2D eigenvalue weighted by atomic mass is 10.1. The van der Waals surface area contributed by atoms with Crippen molar-refractivity contribution in [1.82, 2.24) is 19.5 Å². The van der Waals surface area contributed by atoms with Crippen LogP contribution < -0.4 is 9.46 Å². The summed E-state index contributed by atoms with van der Waals surface area (Å²) in [5.41, 5.74) is 0.603. The minimum Gasteiger partial charge on any atom is -0.495 e. The van der Waals surface area contributed by atoms with Gasteiger partial charge in [-0.25, -0.2) is 8.42 Å². The number of hydrogen-bond acceptors (Lipinski definition) is 6. The number of ether oxygens (including phenoxy) is 1. The average molecular weight is 340 g/mol. The molecule has 0 aliphatic rings. The molecule has 2 N–H and O–H groups in total. The van der Waals surface area contributed by atoms with Crippen LogP contribution in [0.15, 0.2) is 35.7 Å². The predicted octanol–water partition coefficient (Wildman–Crippen LogP) is -0.202. The summed E-state index contributed by atoms with van der Waals surface area (Å²) in [6.45, 7) is 0. The normalized spacial score (nSPS) is 12.8. The maximum Gasteiger partial charge on any atom is 0.322 e. The minimum absolute atomic E-state index is 0.0280. The molecule has 9 nitrogen and oxygen atoms in total. The Kier molecular flexibility index (Phi) is 4.96. The van der Waals surface area contributed by atoms with E-state index in [1.807, 2.05) is 0 Å². The van der Waals surface area contributed by atoms with Crippen LogP contribution in [0.4, 0.5) is 0 Å². The Hall–Kier alpha value is -2.46. The summed E-state index contributed by atoms with van der Waals surface area (Å²) in [5.74, 6) is -1.03. The van der Waals surface area contributed by atoms with Gasteiger partial charge in [-0.05, 0) is 5.56 Å². The first-order chi connectivity index (χ1) is 10.8. The van der Waals surface area contributed by atoms with Crippen molar-refractivity contribution >= 4 is 16.0 Å². The first kappa shape index (κ1) is 16.9. The summed E-state index contributed by atoms with van der Waals surface area (Å²) in [6, 6.07) is -0.0615. The number of hydrogen-bond donors (Lipinski definition) is 2. The van der Waals surface area contributed by atoms with Crippen molar-refractivity contribution in [3.8, 4) is 5.75 Å². The number of aryl methyl sites for hydroxylation is 1. The zero-order chi connectivity index (χ0) is 17.0. The number of carboxylic acid groups (broad SMARTS) is 1. The highest BCUT2D eigenvalue weighted by molar-refractivity contribution is 7.89. The lowest BCUT2D eigenvalue weighted by molar-refractivity contribution is -0.138. The second-order valence-corrected chi connectivity index (χ2v) is 6.51. The summed E-state index contributed by atoms with van der Waals surface area (Å²) >= 11 is 0. The molecule has 0 saturated carbocycles. The van der Waals surface area contributed by atoms with E-state index >= 15 is 0 Å². The molecule has 0 bridgehead atoms. The number of carbonyl (C=O) groups is 1. The zero-order valence-corrected chi connectivity index (χ0v) is 13.3. The van der Waals surface area contributed by atoms with Gasteiger partial charge in [-0.1, -0.05) is 0 Å². The summed E-state index contributed by atoms with van der Waals surface area (Å²) in [5, 5.41) is 13.2. The Bertz CT molecular complexity index is 802. The maximum absolute atomic E-state index is 12.3. The largest absolute Gasteiger partial charge is 0.495 e. The van der Waals surface area contributed by atoms with Crippen molar-refractivity contribution in [2.75, 3.05) is 7.11 Å². The van der Waals surface area contributed by atoms with Crippen molar-refractivity contribution in [2.24, 2.45) is 7.05 Å². The summed E-state index contributed by atoms with van der Waals surface area (Å²) in [6.07, 6.45) is 5.55. The van der Waals surface area contributed by atoms with Crippen LogP contribution in [0.5, 0.6) is 5.75 Å². The van der Waals surface area contributed by atoms with E-state index in [9.17, 15) is 18.3 Å². The second-order valence-electron chi connectivity index (χ2n) is 4.80. The van der Waals surface area contributed by atoms with E-state index in [1.165, 1.54) is 30.3 Å². The number of nitrogens with zero attached hydrogens (tertiary/aromatic N) is 3. The molecule has 1 atom stereocenters. The first-order valence-corrected chi connectivity index (χ1v) is 8.02. The fourth-order valence-corrected chi connectivity index (χ4v) is 3.07. The molecule has 23 heavy (non-hydrogen) atoms. The molecule has 0 aliphatic carbocycles. The molecule has 0 aliphatic heterocycles. The van der Waals surface area contributed by atoms with Crippen molar-refractivity contribution in [2.45, 2.75) is 17.4 Å². The van der Waals surface area contributed by atoms with Crippen LogP contribution in [0.1, 0.15) is 5.56 Å². The number of nitrogens with one attached hydrogen (secondary N) is 1. The molecule has 0 spiro atoms. The fourth-order valence-electron chi connectivity index (χ4n) is 1.91. The Morgan fingerprint density at radius 3 is 2.74 bits per heavy atom. The van der Waals surface area contributed by atoms with Gasteiger partial charge in [-0.15, -0.1) is 0 Å². The molecule has 0 fully saturated rings. The monoisotopic (exact) mass is 340 g/mol. The van der Waals surface area contributed by atoms with Crippen molar-refractivity contribution in [3.05, 3.63) is 36.4 Å². The Labute approximate surface area is 133 Å². The Morgan fingerprint density at radius 2 is 2.17 bits per heavy atom. The number of aromatic nitrogens is 3. The first-order valence-electron chi connectivity index (χ1n) is 6.53. The molecule has 0 amide bonds. The molecule has 2 rings (SSSR count). The smallest absolute Gasteiger partial charge is 0.322 e. The molecule has 2 aromatic rings. The molecule has 2 heterocycles. The van der Waals surface area contributed by atoms with E-state index in [0.29, 0.717) is 5.56 Å². The highest BCUT2D eigenvalue weighted by Gasteiger charge is 2.26. The van der Waals surface area contributed by atoms with E-state index in [1.54, 1.807) is 13.2 Å². The summed E-state index contributed by atoms with van der Waals surface area (Å²) in [4.78, 5) is 14.9. The number of rotatable bonds is 7. The lowest BCUT2D eigenvalue weighted by Gasteiger charge is -2.14. The lowest BCUT2D eigenvalue weighted by Crippen LogP contribution is -2.42. The molecular formula is C13H16N4O5S. The Morgan fingerprint density at radius 1 is 1.43 bits per heavy atom. The van der Waals surface area contributed by atoms with Crippen molar-refractivity contribution < 1.29 is 23.1 Å². The van der Waals surface area contributed by atoms with Gasteiger partial charge in [-0.2, -0.15) is 9.82 Å². The predicted molar refractivity (Wildman–Crippen MR) is 79.4 cm³/mol. The number of sulfonamides is 1. The zero-order valence-electron chi connectivity index (χ0n) is 12.5. The molecule has 10 heteroatoms. The summed E-state index contributed by atoms with van der Waals surface area (Å²) < 4.78 is 33.2. The van der Waals surface area contributed by atoms with Crippen LogP contribution in [0.25, 0.3) is 0 Å². The number of pyridine rings is 1. The van der Waals surface area contributed by atoms with Crippen LogP contribution >= 0.6 is 0 Å². The maximum atomic E-state index is 12.3. The van der Waals surface area contributed by atoms with Gasteiger partial charge in [0.25, 0.3) is 0 Å². The third-order valence-corrected chi connectivity index (χ3v) is 4.47. The third-order valence-electron chi connectivity index (χ3n) is 3.03. The topological polar surface area (TPSA) is 123 Å². The van der Waals surface area contributed by atoms with Gasteiger partial charge in [-0.3, -0.25) is 14.5 Å². The number of carboxylic acids is 1. The van der Waals surface area contributed by atoms with Gasteiger partial charge in [0.15, 0.2) is 0 Å². The molecule has 124 valence electrons. The van der Waals surface area contributed by atoms with Crippen LogP contribution in [0.2, 0.25) is 0 Å². The minimum atomic E-state index is -4.05. The average Bonchev–Trinajstić information content (AvgIpc) is 2.91. The van der Waals surface area contributed by atoms with E-state index in [4.69, 9.17) is 4.74 Å². The van der Waals surface area contributed by atoms with Crippen LogP contribution in [0.3, 0.4) is 0 Å². The number of methoxy groups -OCH3 is 1. The molecule has 1 unspecified atom stereocenters. The highest BCUT2D eigenvalue weighted by Crippen LogP contribution is 2.16. The van der Waals surface area contributed by atoms with Gasteiger partial charge in [0, 0.05) is 31.9 Å². The Balaban J connectivity index is 2.22. The SMILES string of the molecule is COc1cncc(S(=O)(=O)NC(Cc2cnn(C)c2)C(=O)O)c1. The van der Waals surface area contributed by atoms with Crippen LogP contribution in [0, 0.1) is 0 Å². The van der Waals surface area contributed by atoms with Gasteiger partial charge in [0.05, 0.1) is 19.5 Å². The summed E-state index contributed by atoms with van der Waals surface area (Å²) in [7, 11) is -0.987.